The monoisotopic (exact) mass is 348 g/mol. The van der Waals surface area contributed by atoms with Gasteiger partial charge in [0.05, 0.1) is 10.5 Å². The number of anilines is 1. The lowest BCUT2D eigenvalue weighted by Gasteiger charge is -2.45. The van der Waals surface area contributed by atoms with E-state index in [1.807, 2.05) is 6.92 Å². The maximum Gasteiger partial charge on any atom is 0.244 e. The van der Waals surface area contributed by atoms with Gasteiger partial charge in [-0.25, -0.2) is 8.42 Å². The van der Waals surface area contributed by atoms with Crippen molar-refractivity contribution in [2.75, 3.05) is 18.8 Å². The molecule has 1 aliphatic rings. The maximum absolute atomic E-state index is 12.4. The van der Waals surface area contributed by atoms with E-state index in [0.29, 0.717) is 16.6 Å². The van der Waals surface area contributed by atoms with Crippen molar-refractivity contribution in [2.24, 2.45) is 0 Å². The van der Waals surface area contributed by atoms with E-state index in [9.17, 15) is 13.5 Å². The highest BCUT2D eigenvalue weighted by Gasteiger charge is 2.46. The molecule has 2 rings (SSSR count). The molecule has 0 aliphatic carbocycles. The molecule has 0 atom stereocenters. The van der Waals surface area contributed by atoms with E-state index in [1.54, 1.807) is 12.1 Å². The molecule has 0 radical (unpaired) electrons. The summed E-state index contributed by atoms with van der Waals surface area (Å²) < 4.78 is 26.5. The van der Waals surface area contributed by atoms with Crippen LogP contribution in [0.4, 0.5) is 5.69 Å². The summed E-state index contributed by atoms with van der Waals surface area (Å²) in [6, 6.07) is 4.59. The molecule has 1 fully saturated rings. The van der Waals surface area contributed by atoms with Crippen LogP contribution in [0.2, 0.25) is 0 Å². The third kappa shape index (κ3) is 2.79. The predicted octanol–water partition coefficient (Wildman–Crippen LogP) is 1.57. The third-order valence-corrected chi connectivity index (χ3v) is 6.00. The Morgan fingerprint density at radius 1 is 1.47 bits per heavy atom. The number of benzene rings is 1. The van der Waals surface area contributed by atoms with Crippen molar-refractivity contribution < 1.29 is 13.5 Å². The summed E-state index contributed by atoms with van der Waals surface area (Å²) in [4.78, 5) is 0.181. The molecule has 3 N–H and O–H groups in total. The van der Waals surface area contributed by atoms with Gasteiger partial charge in [-0.3, -0.25) is 0 Å². The van der Waals surface area contributed by atoms with Crippen LogP contribution in [0.25, 0.3) is 0 Å². The van der Waals surface area contributed by atoms with Crippen molar-refractivity contribution in [3.63, 3.8) is 0 Å². The molecule has 1 aliphatic heterocycles. The first-order chi connectivity index (χ1) is 8.78. The molecule has 1 aromatic carbocycles. The van der Waals surface area contributed by atoms with E-state index in [0.717, 1.165) is 6.42 Å². The van der Waals surface area contributed by atoms with Gasteiger partial charge in [-0.15, -0.1) is 0 Å². The molecule has 5 nitrogen and oxygen atoms in total. The van der Waals surface area contributed by atoms with Gasteiger partial charge in [0.1, 0.15) is 0 Å². The number of sulfonamides is 1. The van der Waals surface area contributed by atoms with Crippen molar-refractivity contribution in [3.8, 4) is 0 Å². The van der Waals surface area contributed by atoms with Gasteiger partial charge in [-0.2, -0.15) is 4.31 Å². The molecule has 0 amide bonds. The zero-order chi connectivity index (χ0) is 14.3. The number of hydrogen-bond donors (Lipinski definition) is 2. The molecule has 0 unspecified atom stereocenters. The van der Waals surface area contributed by atoms with Crippen molar-refractivity contribution >= 4 is 31.6 Å². The molecule has 1 heterocycles. The summed E-state index contributed by atoms with van der Waals surface area (Å²) in [6.07, 6.45) is 1.44. The third-order valence-electron chi connectivity index (χ3n) is 3.23. The van der Waals surface area contributed by atoms with Crippen molar-refractivity contribution in [1.82, 2.24) is 4.31 Å². The summed E-state index contributed by atoms with van der Waals surface area (Å²) in [7, 11) is -3.57. The Balaban J connectivity index is 2.21. The summed E-state index contributed by atoms with van der Waals surface area (Å²) >= 11 is 3.22. The highest BCUT2D eigenvalue weighted by Crippen LogP contribution is 2.34. The van der Waals surface area contributed by atoms with E-state index >= 15 is 0 Å². The summed E-state index contributed by atoms with van der Waals surface area (Å²) in [5.74, 6) is 0. The fourth-order valence-corrected chi connectivity index (χ4v) is 4.92. The molecule has 0 bridgehead atoms. The van der Waals surface area contributed by atoms with Crippen LogP contribution in [0, 0.1) is 0 Å². The van der Waals surface area contributed by atoms with Gasteiger partial charge < -0.3 is 10.8 Å². The molecule has 0 saturated carbocycles. The molecular weight excluding hydrogens is 332 g/mol. The number of nitrogens with two attached hydrogens (primary N) is 1. The first-order valence-electron chi connectivity index (χ1n) is 6.06. The van der Waals surface area contributed by atoms with E-state index in [-0.39, 0.29) is 18.0 Å². The number of halogens is 1. The van der Waals surface area contributed by atoms with Crippen LogP contribution >= 0.6 is 15.9 Å². The number of nitrogens with zero attached hydrogens (tertiary/aromatic N) is 1. The van der Waals surface area contributed by atoms with Crippen LogP contribution in [-0.2, 0) is 10.0 Å². The minimum atomic E-state index is -3.57. The SMILES string of the molecule is CCCC1(O)CN(S(=O)(=O)c2ccc(N)cc2Br)C1. The second-order valence-electron chi connectivity index (χ2n) is 4.94. The summed E-state index contributed by atoms with van der Waals surface area (Å²) in [6.45, 7) is 2.27. The lowest BCUT2D eigenvalue weighted by molar-refractivity contribution is -0.0653. The Morgan fingerprint density at radius 3 is 2.63 bits per heavy atom. The van der Waals surface area contributed by atoms with Crippen LogP contribution in [0.3, 0.4) is 0 Å². The van der Waals surface area contributed by atoms with Crippen LogP contribution < -0.4 is 5.73 Å². The smallest absolute Gasteiger partial charge is 0.244 e. The molecule has 19 heavy (non-hydrogen) atoms. The average Bonchev–Trinajstić information content (AvgIpc) is 2.25. The van der Waals surface area contributed by atoms with Gasteiger partial charge in [0.25, 0.3) is 0 Å². The lowest BCUT2D eigenvalue weighted by atomic mass is 9.92. The Labute approximate surface area is 121 Å². The Kier molecular flexibility index (Phi) is 3.92. The molecule has 1 saturated heterocycles. The van der Waals surface area contributed by atoms with Gasteiger partial charge in [-0.05, 0) is 40.5 Å². The van der Waals surface area contributed by atoms with Crippen LogP contribution in [-0.4, -0.2) is 36.5 Å². The van der Waals surface area contributed by atoms with Gasteiger partial charge in [0, 0.05) is 23.2 Å². The number of β-amino-alcohol motifs (C(OH)–C–C–N with tert-alkyl or cyclic N) is 1. The predicted molar refractivity (Wildman–Crippen MR) is 77.2 cm³/mol. The standard InChI is InChI=1S/C12H17BrN2O3S/c1-2-5-12(16)7-15(8-12)19(17,18)11-4-3-9(14)6-10(11)13/h3-4,6,16H,2,5,7-8,14H2,1H3. The Morgan fingerprint density at radius 2 is 2.11 bits per heavy atom. The topological polar surface area (TPSA) is 83.6 Å². The fourth-order valence-electron chi connectivity index (χ4n) is 2.27. The zero-order valence-corrected chi connectivity index (χ0v) is 13.0. The fraction of sp³-hybridized carbons (Fsp3) is 0.500. The molecular formula is C12H17BrN2O3S. The van der Waals surface area contributed by atoms with Gasteiger partial charge in [0.2, 0.25) is 10.0 Å². The maximum atomic E-state index is 12.4. The van der Waals surface area contributed by atoms with Crippen molar-refractivity contribution in [3.05, 3.63) is 22.7 Å². The lowest BCUT2D eigenvalue weighted by Crippen LogP contribution is -2.63. The normalized spacial score (nSPS) is 19.1. The van der Waals surface area contributed by atoms with E-state index < -0.39 is 15.6 Å². The van der Waals surface area contributed by atoms with E-state index in [2.05, 4.69) is 15.9 Å². The number of aliphatic hydroxyl groups is 1. The zero-order valence-electron chi connectivity index (χ0n) is 10.6. The van der Waals surface area contributed by atoms with Crippen molar-refractivity contribution in [1.29, 1.82) is 0 Å². The number of nitrogen functional groups attached to an aromatic ring is 1. The van der Waals surface area contributed by atoms with Crippen molar-refractivity contribution in [2.45, 2.75) is 30.3 Å². The van der Waals surface area contributed by atoms with Crippen LogP contribution in [0.5, 0.6) is 0 Å². The second-order valence-corrected chi connectivity index (χ2v) is 7.70. The van der Waals surface area contributed by atoms with Gasteiger partial charge in [0.15, 0.2) is 0 Å². The molecule has 0 aromatic heterocycles. The first-order valence-corrected chi connectivity index (χ1v) is 8.29. The van der Waals surface area contributed by atoms with Gasteiger partial charge >= 0.3 is 0 Å². The summed E-state index contributed by atoms with van der Waals surface area (Å²) in [5, 5.41) is 10.1. The number of hydrogen-bond acceptors (Lipinski definition) is 4. The second kappa shape index (κ2) is 5.05. The largest absolute Gasteiger partial charge is 0.399 e. The minimum absolute atomic E-state index is 0.153. The highest BCUT2D eigenvalue weighted by atomic mass is 79.9. The van der Waals surface area contributed by atoms with E-state index in [1.165, 1.54) is 10.4 Å². The summed E-state index contributed by atoms with van der Waals surface area (Å²) in [5.41, 5.74) is 5.22. The van der Waals surface area contributed by atoms with E-state index in [4.69, 9.17) is 5.73 Å². The van der Waals surface area contributed by atoms with Crippen LogP contribution in [0.15, 0.2) is 27.6 Å². The molecule has 1 aromatic rings. The quantitative estimate of drug-likeness (QED) is 0.809. The molecule has 106 valence electrons. The Bertz CT molecular complexity index is 583. The highest BCUT2D eigenvalue weighted by molar-refractivity contribution is 9.10. The number of rotatable bonds is 4. The molecule has 0 spiro atoms. The van der Waals surface area contributed by atoms with Gasteiger partial charge in [-0.1, -0.05) is 13.3 Å². The first kappa shape index (κ1) is 14.8. The van der Waals surface area contributed by atoms with Crippen LogP contribution in [0.1, 0.15) is 19.8 Å². The Hall–Kier alpha value is -0.630. The minimum Gasteiger partial charge on any atom is -0.399 e. The molecule has 7 heteroatoms. The average molecular weight is 349 g/mol.